The maximum absolute atomic E-state index is 4.59. The number of rotatable bonds is 7. The number of aryl methyl sites for hydroxylation is 2. The van der Waals surface area contributed by atoms with Crippen LogP contribution in [0.2, 0.25) is 0 Å². The van der Waals surface area contributed by atoms with Gasteiger partial charge in [0.2, 0.25) is 0 Å². The van der Waals surface area contributed by atoms with E-state index in [1.54, 1.807) is 0 Å². The summed E-state index contributed by atoms with van der Waals surface area (Å²) in [5, 5.41) is 11.6. The summed E-state index contributed by atoms with van der Waals surface area (Å²) in [4.78, 5) is 11.3. The summed E-state index contributed by atoms with van der Waals surface area (Å²) in [6, 6.07) is 11.3. The third kappa shape index (κ3) is 6.67. The highest BCUT2D eigenvalue weighted by Crippen LogP contribution is 2.13. The van der Waals surface area contributed by atoms with Crippen molar-refractivity contribution in [2.75, 3.05) is 20.6 Å². The fourth-order valence-corrected chi connectivity index (χ4v) is 3.44. The van der Waals surface area contributed by atoms with Gasteiger partial charge in [-0.05, 0) is 26.0 Å². The van der Waals surface area contributed by atoms with Gasteiger partial charge < -0.3 is 10.6 Å². The fraction of sp³-hybridized carbons (Fsp3) is 0.571. The lowest BCUT2D eigenvalue weighted by Crippen LogP contribution is -2.49. The van der Waals surface area contributed by atoms with Crippen LogP contribution < -0.4 is 10.6 Å². The molecular formula is C21H34IN7. The number of aromatic nitrogens is 3. The summed E-state index contributed by atoms with van der Waals surface area (Å²) < 4.78 is 2.05. The van der Waals surface area contributed by atoms with Crippen LogP contribution in [0.1, 0.15) is 37.5 Å². The normalized spacial score (nSPS) is 17.4. The van der Waals surface area contributed by atoms with Gasteiger partial charge in [-0.25, -0.2) is 9.67 Å². The molecule has 3 rings (SSSR count). The van der Waals surface area contributed by atoms with Gasteiger partial charge in [0.25, 0.3) is 0 Å². The first-order valence-corrected chi connectivity index (χ1v) is 10.2. The van der Waals surface area contributed by atoms with Gasteiger partial charge in [-0.15, -0.1) is 24.0 Å². The lowest BCUT2D eigenvalue weighted by molar-refractivity contribution is 0.249. The van der Waals surface area contributed by atoms with Gasteiger partial charge >= 0.3 is 0 Å². The standard InChI is InChI=1S/C21H33N7.HI/c1-5-19-25-20-12-11-18(15-28(20)26-19)24-21(22-3)23-13-16(2)27(4)14-17-9-7-6-8-10-17;/h6-10,16,18H,5,11-15H2,1-4H3,(H2,22,23,24);1H. The molecule has 0 radical (unpaired) electrons. The van der Waals surface area contributed by atoms with Crippen molar-refractivity contribution in [3.05, 3.63) is 47.5 Å². The minimum absolute atomic E-state index is 0. The van der Waals surface area contributed by atoms with Crippen molar-refractivity contribution in [2.24, 2.45) is 4.99 Å². The average Bonchev–Trinajstić information content (AvgIpc) is 3.14. The van der Waals surface area contributed by atoms with E-state index in [4.69, 9.17) is 0 Å². The van der Waals surface area contributed by atoms with E-state index in [1.165, 1.54) is 5.56 Å². The van der Waals surface area contributed by atoms with Crippen LogP contribution in [0.15, 0.2) is 35.3 Å². The predicted octanol–water partition coefficient (Wildman–Crippen LogP) is 2.46. The second kappa shape index (κ2) is 11.5. The number of guanidine groups is 1. The van der Waals surface area contributed by atoms with Crippen molar-refractivity contribution >= 4 is 29.9 Å². The van der Waals surface area contributed by atoms with Crippen LogP contribution in [0.4, 0.5) is 0 Å². The van der Waals surface area contributed by atoms with Crippen LogP contribution in [0, 0.1) is 0 Å². The quantitative estimate of drug-likeness (QED) is 0.340. The van der Waals surface area contributed by atoms with Crippen LogP contribution >= 0.6 is 24.0 Å². The Balaban J connectivity index is 0.00000300. The third-order valence-electron chi connectivity index (χ3n) is 5.37. The molecule has 0 bridgehead atoms. The Morgan fingerprint density at radius 1 is 1.34 bits per heavy atom. The molecule has 8 heteroatoms. The van der Waals surface area contributed by atoms with Gasteiger partial charge in [0.05, 0.1) is 6.54 Å². The summed E-state index contributed by atoms with van der Waals surface area (Å²) in [5.74, 6) is 2.90. The molecule has 1 aliphatic heterocycles. The maximum Gasteiger partial charge on any atom is 0.191 e. The number of benzene rings is 1. The van der Waals surface area contributed by atoms with Crippen LogP contribution in [0.3, 0.4) is 0 Å². The number of halogens is 1. The Labute approximate surface area is 191 Å². The number of likely N-dealkylation sites (N-methyl/N-ethyl adjacent to an activating group) is 1. The molecule has 1 aromatic carbocycles. The van der Waals surface area contributed by atoms with E-state index >= 15 is 0 Å². The molecule has 160 valence electrons. The van der Waals surface area contributed by atoms with Crippen LogP contribution in [-0.2, 0) is 25.9 Å². The molecule has 2 unspecified atom stereocenters. The molecule has 1 aromatic heterocycles. The molecular weight excluding hydrogens is 477 g/mol. The number of nitrogens with one attached hydrogen (secondary N) is 2. The minimum atomic E-state index is 0. The second-order valence-electron chi connectivity index (χ2n) is 7.56. The molecule has 0 saturated heterocycles. The SMILES string of the molecule is CCc1nc2n(n1)CC(NC(=NC)NCC(C)N(C)Cc1ccccc1)CC2.I. The summed E-state index contributed by atoms with van der Waals surface area (Å²) in [6.07, 6.45) is 2.89. The molecule has 0 saturated carbocycles. The fourth-order valence-electron chi connectivity index (χ4n) is 3.44. The van der Waals surface area contributed by atoms with Crippen LogP contribution in [0.25, 0.3) is 0 Å². The van der Waals surface area contributed by atoms with Crippen LogP contribution in [-0.4, -0.2) is 58.3 Å². The summed E-state index contributed by atoms with van der Waals surface area (Å²) in [6.45, 7) is 6.95. The molecule has 0 amide bonds. The first kappa shape index (κ1) is 23.6. The van der Waals surface area contributed by atoms with E-state index < -0.39 is 0 Å². The molecule has 0 aliphatic carbocycles. The molecule has 2 N–H and O–H groups in total. The number of hydrogen-bond acceptors (Lipinski definition) is 4. The molecule has 2 aromatic rings. The van der Waals surface area contributed by atoms with Gasteiger partial charge in [0.15, 0.2) is 11.8 Å². The van der Waals surface area contributed by atoms with E-state index in [0.29, 0.717) is 12.1 Å². The molecule has 1 aliphatic rings. The van der Waals surface area contributed by atoms with E-state index in [2.05, 4.69) is 81.8 Å². The van der Waals surface area contributed by atoms with Crippen molar-refractivity contribution < 1.29 is 0 Å². The van der Waals surface area contributed by atoms with E-state index in [1.807, 2.05) is 11.7 Å². The first-order chi connectivity index (χ1) is 13.6. The van der Waals surface area contributed by atoms with Crippen LogP contribution in [0.5, 0.6) is 0 Å². The predicted molar refractivity (Wildman–Crippen MR) is 129 cm³/mol. The summed E-state index contributed by atoms with van der Waals surface area (Å²) in [5.41, 5.74) is 1.33. The maximum atomic E-state index is 4.59. The van der Waals surface area contributed by atoms with Gasteiger partial charge in [-0.2, -0.15) is 5.10 Å². The number of hydrogen-bond donors (Lipinski definition) is 2. The number of fused-ring (bicyclic) bond motifs is 1. The summed E-state index contributed by atoms with van der Waals surface area (Å²) >= 11 is 0. The molecule has 2 atom stereocenters. The molecule has 0 spiro atoms. The highest BCUT2D eigenvalue weighted by atomic mass is 127. The molecule has 7 nitrogen and oxygen atoms in total. The minimum Gasteiger partial charge on any atom is -0.355 e. The summed E-state index contributed by atoms with van der Waals surface area (Å²) in [7, 11) is 3.99. The van der Waals surface area contributed by atoms with Gasteiger partial charge in [-0.3, -0.25) is 9.89 Å². The van der Waals surface area contributed by atoms with Crippen molar-refractivity contribution in [3.63, 3.8) is 0 Å². The zero-order valence-electron chi connectivity index (χ0n) is 17.9. The average molecular weight is 511 g/mol. The first-order valence-electron chi connectivity index (χ1n) is 10.2. The Hall–Kier alpha value is -1.68. The van der Waals surface area contributed by atoms with Crippen molar-refractivity contribution in [1.29, 1.82) is 0 Å². The zero-order chi connectivity index (χ0) is 19.9. The Morgan fingerprint density at radius 2 is 2.10 bits per heavy atom. The van der Waals surface area contributed by atoms with E-state index in [0.717, 1.165) is 56.5 Å². The van der Waals surface area contributed by atoms with Crippen molar-refractivity contribution in [3.8, 4) is 0 Å². The van der Waals surface area contributed by atoms with E-state index in [9.17, 15) is 0 Å². The largest absolute Gasteiger partial charge is 0.355 e. The van der Waals surface area contributed by atoms with E-state index in [-0.39, 0.29) is 24.0 Å². The van der Waals surface area contributed by atoms with Crippen molar-refractivity contribution in [2.45, 2.75) is 58.3 Å². The highest BCUT2D eigenvalue weighted by molar-refractivity contribution is 14.0. The monoisotopic (exact) mass is 511 g/mol. The molecule has 29 heavy (non-hydrogen) atoms. The number of aliphatic imine (C=N–C) groups is 1. The number of nitrogens with zero attached hydrogens (tertiary/aromatic N) is 5. The Morgan fingerprint density at radius 3 is 2.79 bits per heavy atom. The lowest BCUT2D eigenvalue weighted by Gasteiger charge is -2.28. The Bertz CT molecular complexity index is 775. The molecule has 0 fully saturated rings. The van der Waals surface area contributed by atoms with Gasteiger partial charge in [-0.1, -0.05) is 37.3 Å². The van der Waals surface area contributed by atoms with Gasteiger partial charge in [0.1, 0.15) is 5.82 Å². The van der Waals surface area contributed by atoms with Gasteiger partial charge in [0, 0.05) is 45.1 Å². The zero-order valence-corrected chi connectivity index (χ0v) is 20.3. The Kier molecular flexibility index (Phi) is 9.35. The molecule has 2 heterocycles. The van der Waals surface area contributed by atoms with Crippen molar-refractivity contribution in [1.82, 2.24) is 30.3 Å². The topological polar surface area (TPSA) is 70.4 Å². The third-order valence-corrected chi connectivity index (χ3v) is 5.37. The highest BCUT2D eigenvalue weighted by Gasteiger charge is 2.22. The lowest BCUT2D eigenvalue weighted by atomic mass is 10.1. The smallest absolute Gasteiger partial charge is 0.191 e. The second-order valence-corrected chi connectivity index (χ2v) is 7.56.